The van der Waals surface area contributed by atoms with Crippen LogP contribution in [0.3, 0.4) is 0 Å². The summed E-state index contributed by atoms with van der Waals surface area (Å²) in [7, 11) is 0. The number of anilines is 1. The normalized spacial score (nSPS) is 13.5. The summed E-state index contributed by atoms with van der Waals surface area (Å²) in [5.74, 6) is -0.111. The van der Waals surface area contributed by atoms with Crippen molar-refractivity contribution in [3.8, 4) is 0 Å². The Labute approximate surface area is 167 Å². The molecule has 2 heterocycles. The summed E-state index contributed by atoms with van der Waals surface area (Å²) in [5.41, 5.74) is 1.67. The molecule has 0 unspecified atom stereocenters. The van der Waals surface area contributed by atoms with E-state index in [2.05, 4.69) is 15.3 Å². The predicted molar refractivity (Wildman–Crippen MR) is 110 cm³/mol. The number of thioether (sulfide) groups is 1. The maximum atomic E-state index is 12.5. The molecule has 1 aliphatic heterocycles. The molecule has 28 heavy (non-hydrogen) atoms. The lowest BCUT2D eigenvalue weighted by molar-refractivity contribution is -0.113. The Morgan fingerprint density at radius 3 is 2.79 bits per heavy atom. The molecule has 2 amide bonds. The van der Waals surface area contributed by atoms with Gasteiger partial charge in [0, 0.05) is 36.1 Å². The van der Waals surface area contributed by atoms with Gasteiger partial charge >= 0.3 is 0 Å². The molecule has 3 rings (SSSR count). The number of nitrogens with one attached hydrogen (secondary N) is 2. The van der Waals surface area contributed by atoms with Gasteiger partial charge in [-0.1, -0.05) is 31.2 Å². The summed E-state index contributed by atoms with van der Waals surface area (Å²) < 4.78 is 0. The summed E-state index contributed by atoms with van der Waals surface area (Å²) >= 11 is 1.18. The number of amides is 2. The molecule has 0 aliphatic carbocycles. The number of rotatable bonds is 7. The molecule has 2 aromatic rings. The van der Waals surface area contributed by atoms with E-state index in [9.17, 15) is 14.4 Å². The van der Waals surface area contributed by atoms with Crippen molar-refractivity contribution in [2.24, 2.45) is 0 Å². The first kappa shape index (κ1) is 20.1. The fraction of sp³-hybridized carbons (Fsp3) is 0.400. The summed E-state index contributed by atoms with van der Waals surface area (Å²) in [6.45, 7) is 3.59. The van der Waals surface area contributed by atoms with E-state index >= 15 is 0 Å². The van der Waals surface area contributed by atoms with Gasteiger partial charge in [-0.05, 0) is 37.5 Å². The zero-order valence-electron chi connectivity index (χ0n) is 15.9. The topological polar surface area (TPSA) is 95.2 Å². The fourth-order valence-corrected chi connectivity index (χ4v) is 3.79. The van der Waals surface area contributed by atoms with E-state index in [-0.39, 0.29) is 23.1 Å². The van der Waals surface area contributed by atoms with Gasteiger partial charge in [-0.3, -0.25) is 14.4 Å². The van der Waals surface area contributed by atoms with Crippen LogP contribution in [0.2, 0.25) is 0 Å². The van der Waals surface area contributed by atoms with Crippen molar-refractivity contribution in [1.82, 2.24) is 14.9 Å². The summed E-state index contributed by atoms with van der Waals surface area (Å²) in [4.78, 5) is 45.3. The Hall–Kier alpha value is -2.61. The van der Waals surface area contributed by atoms with Crippen molar-refractivity contribution in [2.75, 3.05) is 24.2 Å². The molecule has 8 heteroatoms. The molecule has 1 aromatic heterocycles. The standard InChI is InChI=1S/C20H24N4O3S/c1-2-6-15-12-17(25)23-20(22-15)28-13-18(26)21-16-8-5-7-14(11-16)19(27)24-9-3-4-10-24/h5,7-8,11-12H,2-4,6,9-10,13H2,1H3,(H,21,26)(H,22,23,25). The molecular formula is C20H24N4O3S. The number of H-pyrrole nitrogens is 1. The minimum Gasteiger partial charge on any atom is -0.339 e. The molecule has 2 N–H and O–H groups in total. The van der Waals surface area contributed by atoms with E-state index in [0.717, 1.165) is 44.5 Å². The summed E-state index contributed by atoms with van der Waals surface area (Å²) in [6, 6.07) is 8.46. The van der Waals surface area contributed by atoms with Crippen LogP contribution in [0.25, 0.3) is 0 Å². The molecule has 0 bridgehead atoms. The number of hydrogen-bond donors (Lipinski definition) is 2. The Bertz CT molecular complexity index is 906. The summed E-state index contributed by atoms with van der Waals surface area (Å²) in [6.07, 6.45) is 3.69. The number of aryl methyl sites for hydroxylation is 1. The average molecular weight is 401 g/mol. The Morgan fingerprint density at radius 2 is 2.04 bits per heavy atom. The number of nitrogens with zero attached hydrogens (tertiary/aromatic N) is 2. The van der Waals surface area contributed by atoms with Gasteiger partial charge in [0.05, 0.1) is 5.75 Å². The summed E-state index contributed by atoms with van der Waals surface area (Å²) in [5, 5.41) is 3.24. The van der Waals surface area contributed by atoms with Crippen molar-refractivity contribution in [3.63, 3.8) is 0 Å². The highest BCUT2D eigenvalue weighted by molar-refractivity contribution is 7.99. The van der Waals surface area contributed by atoms with E-state index in [1.54, 1.807) is 24.3 Å². The highest BCUT2D eigenvalue weighted by Crippen LogP contribution is 2.17. The lowest BCUT2D eigenvalue weighted by Crippen LogP contribution is -2.27. The van der Waals surface area contributed by atoms with E-state index in [1.807, 2.05) is 11.8 Å². The van der Waals surface area contributed by atoms with Crippen LogP contribution in [0.5, 0.6) is 0 Å². The second kappa shape index (κ2) is 9.54. The first-order valence-corrected chi connectivity index (χ1v) is 10.5. The van der Waals surface area contributed by atoms with Crippen molar-refractivity contribution >= 4 is 29.3 Å². The fourth-order valence-electron chi connectivity index (χ4n) is 3.10. The second-order valence-corrected chi connectivity index (χ2v) is 7.67. The second-order valence-electron chi connectivity index (χ2n) is 6.71. The minimum absolute atomic E-state index is 0.00233. The molecule has 1 fully saturated rings. The number of aromatic amines is 1. The van der Waals surface area contributed by atoms with Crippen LogP contribution in [-0.4, -0.2) is 45.5 Å². The van der Waals surface area contributed by atoms with E-state index in [4.69, 9.17) is 0 Å². The quantitative estimate of drug-likeness (QED) is 0.550. The zero-order valence-corrected chi connectivity index (χ0v) is 16.7. The van der Waals surface area contributed by atoms with Gasteiger partial charge < -0.3 is 15.2 Å². The SMILES string of the molecule is CCCc1cc(=O)[nH]c(SCC(=O)Nc2cccc(C(=O)N3CCCC3)c2)n1. The van der Waals surface area contributed by atoms with Crippen LogP contribution >= 0.6 is 11.8 Å². The first-order chi connectivity index (χ1) is 13.5. The van der Waals surface area contributed by atoms with Gasteiger partial charge in [-0.15, -0.1) is 0 Å². The number of hydrogen-bond acceptors (Lipinski definition) is 5. The lowest BCUT2D eigenvalue weighted by atomic mass is 10.1. The van der Waals surface area contributed by atoms with Gasteiger partial charge in [0.25, 0.3) is 11.5 Å². The van der Waals surface area contributed by atoms with Crippen LogP contribution in [0.4, 0.5) is 5.69 Å². The first-order valence-electron chi connectivity index (χ1n) is 9.47. The molecule has 0 atom stereocenters. The molecule has 7 nitrogen and oxygen atoms in total. The van der Waals surface area contributed by atoms with Crippen LogP contribution in [0.1, 0.15) is 42.2 Å². The molecule has 1 aliphatic rings. The van der Waals surface area contributed by atoms with Crippen LogP contribution in [0, 0.1) is 0 Å². The van der Waals surface area contributed by atoms with Crippen molar-refractivity contribution in [1.29, 1.82) is 0 Å². The minimum atomic E-state index is -0.223. The van der Waals surface area contributed by atoms with Crippen LogP contribution in [-0.2, 0) is 11.2 Å². The maximum Gasteiger partial charge on any atom is 0.253 e. The van der Waals surface area contributed by atoms with E-state index in [0.29, 0.717) is 16.4 Å². The van der Waals surface area contributed by atoms with Gasteiger partial charge in [0.2, 0.25) is 5.91 Å². The largest absolute Gasteiger partial charge is 0.339 e. The third-order valence-electron chi connectivity index (χ3n) is 4.41. The zero-order chi connectivity index (χ0) is 19.9. The number of likely N-dealkylation sites (tertiary alicyclic amines) is 1. The predicted octanol–water partition coefficient (Wildman–Crippen LogP) is 2.69. The molecule has 148 valence electrons. The number of benzene rings is 1. The Kier molecular flexibility index (Phi) is 6.86. The van der Waals surface area contributed by atoms with Crippen LogP contribution < -0.4 is 10.9 Å². The third kappa shape index (κ3) is 5.45. The van der Waals surface area contributed by atoms with Gasteiger partial charge in [-0.2, -0.15) is 0 Å². The number of carbonyl (C=O) groups excluding carboxylic acids is 2. The Balaban J connectivity index is 1.58. The molecule has 1 saturated heterocycles. The molecule has 0 spiro atoms. The molecule has 0 saturated carbocycles. The van der Waals surface area contributed by atoms with Crippen molar-refractivity contribution < 1.29 is 9.59 Å². The number of carbonyl (C=O) groups is 2. The monoisotopic (exact) mass is 400 g/mol. The molecule has 1 aromatic carbocycles. The van der Waals surface area contributed by atoms with Crippen LogP contribution in [0.15, 0.2) is 40.3 Å². The Morgan fingerprint density at radius 1 is 1.25 bits per heavy atom. The highest BCUT2D eigenvalue weighted by Gasteiger charge is 2.19. The van der Waals surface area contributed by atoms with Crippen molar-refractivity contribution in [2.45, 2.75) is 37.8 Å². The highest BCUT2D eigenvalue weighted by atomic mass is 32.2. The van der Waals surface area contributed by atoms with Crippen molar-refractivity contribution in [3.05, 3.63) is 51.9 Å². The third-order valence-corrected chi connectivity index (χ3v) is 5.28. The van der Waals surface area contributed by atoms with E-state index in [1.165, 1.54) is 17.8 Å². The van der Waals surface area contributed by atoms with E-state index < -0.39 is 0 Å². The molecule has 0 radical (unpaired) electrons. The smallest absolute Gasteiger partial charge is 0.253 e. The van der Waals surface area contributed by atoms with Gasteiger partial charge in [0.1, 0.15) is 0 Å². The van der Waals surface area contributed by atoms with Gasteiger partial charge in [-0.25, -0.2) is 4.98 Å². The molecular weight excluding hydrogens is 376 g/mol. The van der Waals surface area contributed by atoms with Gasteiger partial charge in [0.15, 0.2) is 5.16 Å². The number of aromatic nitrogens is 2. The average Bonchev–Trinajstić information content (AvgIpc) is 3.21. The maximum absolute atomic E-state index is 12.5. The lowest BCUT2D eigenvalue weighted by Gasteiger charge is -2.15.